The third-order valence-corrected chi connectivity index (χ3v) is 1.40. The summed E-state index contributed by atoms with van der Waals surface area (Å²) in [6.07, 6.45) is 1.20. The van der Waals surface area contributed by atoms with Crippen LogP contribution in [0.5, 0.6) is 0 Å². The minimum atomic E-state index is -0.531. The van der Waals surface area contributed by atoms with E-state index in [-0.39, 0.29) is 0 Å². The summed E-state index contributed by atoms with van der Waals surface area (Å²) < 4.78 is 0. The Labute approximate surface area is 70.7 Å². The predicted molar refractivity (Wildman–Crippen MR) is 47.8 cm³/mol. The lowest BCUT2D eigenvalue weighted by molar-refractivity contribution is -0.113. The van der Waals surface area contributed by atoms with E-state index in [4.69, 9.17) is 11.5 Å². The van der Waals surface area contributed by atoms with Crippen molar-refractivity contribution in [3.8, 4) is 0 Å². The van der Waals surface area contributed by atoms with Crippen LogP contribution in [0.3, 0.4) is 0 Å². The van der Waals surface area contributed by atoms with E-state index in [0.717, 1.165) is 5.56 Å². The fourth-order valence-electron chi connectivity index (χ4n) is 0.867. The van der Waals surface area contributed by atoms with Gasteiger partial charge in [-0.3, -0.25) is 4.79 Å². The van der Waals surface area contributed by atoms with Gasteiger partial charge < -0.3 is 11.5 Å². The fourth-order valence-corrected chi connectivity index (χ4v) is 0.867. The molecular weight excluding hydrogens is 152 g/mol. The van der Waals surface area contributed by atoms with E-state index in [1.54, 1.807) is 0 Å². The summed E-state index contributed by atoms with van der Waals surface area (Å²) in [6, 6.07) is 9.19. The van der Waals surface area contributed by atoms with E-state index in [1.165, 1.54) is 6.08 Å². The molecule has 0 unspecified atom stereocenters. The van der Waals surface area contributed by atoms with Crippen LogP contribution in [0.4, 0.5) is 0 Å². The SMILES string of the molecule is NC(=O)C=C(N)c1ccccc1. The maximum atomic E-state index is 10.4. The average Bonchev–Trinajstić information content (AvgIpc) is 2.05. The average molecular weight is 162 g/mol. The van der Waals surface area contributed by atoms with Crippen LogP contribution in [0.15, 0.2) is 36.4 Å². The van der Waals surface area contributed by atoms with E-state index in [1.807, 2.05) is 30.3 Å². The Kier molecular flexibility index (Phi) is 2.48. The molecule has 3 nitrogen and oxygen atoms in total. The van der Waals surface area contributed by atoms with Crippen molar-refractivity contribution in [2.24, 2.45) is 11.5 Å². The second kappa shape index (κ2) is 3.57. The molecule has 0 heterocycles. The van der Waals surface area contributed by atoms with Crippen molar-refractivity contribution in [1.29, 1.82) is 0 Å². The first kappa shape index (κ1) is 8.33. The first-order valence-electron chi connectivity index (χ1n) is 3.52. The van der Waals surface area contributed by atoms with Crippen LogP contribution in [0.1, 0.15) is 5.56 Å². The normalized spacial score (nSPS) is 11.2. The van der Waals surface area contributed by atoms with Crippen LogP contribution in [-0.4, -0.2) is 5.91 Å². The largest absolute Gasteiger partial charge is 0.398 e. The van der Waals surface area contributed by atoms with Gasteiger partial charge in [0.2, 0.25) is 5.91 Å². The van der Waals surface area contributed by atoms with Crippen molar-refractivity contribution in [3.63, 3.8) is 0 Å². The minimum Gasteiger partial charge on any atom is -0.398 e. The lowest BCUT2D eigenvalue weighted by Crippen LogP contribution is -2.09. The summed E-state index contributed by atoms with van der Waals surface area (Å²) >= 11 is 0. The van der Waals surface area contributed by atoms with E-state index >= 15 is 0 Å². The number of carbonyl (C=O) groups excluding carboxylic acids is 1. The van der Waals surface area contributed by atoms with Crippen LogP contribution >= 0.6 is 0 Å². The van der Waals surface area contributed by atoms with E-state index in [2.05, 4.69) is 0 Å². The molecule has 12 heavy (non-hydrogen) atoms. The Balaban J connectivity index is 2.93. The topological polar surface area (TPSA) is 69.1 Å². The van der Waals surface area contributed by atoms with Crippen LogP contribution in [-0.2, 0) is 4.79 Å². The molecule has 0 aromatic heterocycles. The number of nitrogens with two attached hydrogens (primary N) is 2. The number of carbonyl (C=O) groups is 1. The molecule has 0 bridgehead atoms. The summed E-state index contributed by atoms with van der Waals surface area (Å²) in [4.78, 5) is 10.4. The van der Waals surface area contributed by atoms with Crippen molar-refractivity contribution < 1.29 is 4.79 Å². The molecule has 4 N–H and O–H groups in total. The number of hydrogen-bond donors (Lipinski definition) is 2. The zero-order valence-corrected chi connectivity index (χ0v) is 6.53. The zero-order chi connectivity index (χ0) is 8.97. The number of hydrogen-bond acceptors (Lipinski definition) is 2. The molecule has 0 aliphatic carbocycles. The minimum absolute atomic E-state index is 0.392. The second-order valence-electron chi connectivity index (χ2n) is 2.37. The molecule has 3 heteroatoms. The van der Waals surface area contributed by atoms with Crippen LogP contribution < -0.4 is 11.5 Å². The molecule has 0 saturated carbocycles. The number of primary amides is 1. The van der Waals surface area contributed by atoms with Crippen molar-refractivity contribution in [3.05, 3.63) is 42.0 Å². The number of amides is 1. The molecule has 0 radical (unpaired) electrons. The van der Waals surface area contributed by atoms with E-state index < -0.39 is 5.91 Å². The molecular formula is C9H10N2O. The Morgan fingerprint density at radius 2 is 1.75 bits per heavy atom. The molecule has 1 amide bonds. The maximum absolute atomic E-state index is 10.4. The summed E-state index contributed by atoms with van der Waals surface area (Å²) in [5.41, 5.74) is 11.7. The molecule has 0 aliphatic rings. The van der Waals surface area contributed by atoms with Crippen molar-refractivity contribution in [2.75, 3.05) is 0 Å². The molecule has 62 valence electrons. The summed E-state index contributed by atoms with van der Waals surface area (Å²) in [5.74, 6) is -0.531. The smallest absolute Gasteiger partial charge is 0.243 e. The van der Waals surface area contributed by atoms with E-state index in [0.29, 0.717) is 5.70 Å². The fraction of sp³-hybridized carbons (Fsp3) is 0. The molecule has 1 rings (SSSR count). The molecule has 0 aliphatic heterocycles. The molecule has 0 saturated heterocycles. The van der Waals surface area contributed by atoms with Gasteiger partial charge in [0.05, 0.1) is 0 Å². The van der Waals surface area contributed by atoms with Gasteiger partial charge in [0, 0.05) is 11.8 Å². The first-order chi connectivity index (χ1) is 5.70. The highest BCUT2D eigenvalue weighted by atomic mass is 16.1. The standard InChI is InChI=1S/C9H10N2O/c10-8(6-9(11)12)7-4-2-1-3-5-7/h1-6H,10H2,(H2,11,12). The van der Waals surface area contributed by atoms with Crippen molar-refractivity contribution in [1.82, 2.24) is 0 Å². The van der Waals surface area contributed by atoms with Gasteiger partial charge >= 0.3 is 0 Å². The zero-order valence-electron chi connectivity index (χ0n) is 6.53. The lowest BCUT2D eigenvalue weighted by Gasteiger charge is -1.98. The van der Waals surface area contributed by atoms with Gasteiger partial charge in [0.1, 0.15) is 0 Å². The predicted octanol–water partition coefficient (Wildman–Crippen LogP) is 0.471. The molecule has 1 aromatic carbocycles. The third-order valence-electron chi connectivity index (χ3n) is 1.40. The Morgan fingerprint density at radius 3 is 2.25 bits per heavy atom. The summed E-state index contributed by atoms with van der Waals surface area (Å²) in [7, 11) is 0. The molecule has 0 atom stereocenters. The molecule has 0 fully saturated rings. The third kappa shape index (κ3) is 2.12. The number of rotatable bonds is 2. The van der Waals surface area contributed by atoms with Crippen molar-refractivity contribution in [2.45, 2.75) is 0 Å². The Bertz CT molecular complexity index is 304. The summed E-state index contributed by atoms with van der Waals surface area (Å²) in [5, 5.41) is 0. The van der Waals surface area contributed by atoms with Crippen LogP contribution in [0, 0.1) is 0 Å². The Hall–Kier alpha value is -1.77. The van der Waals surface area contributed by atoms with Gasteiger partial charge in [-0.05, 0) is 5.56 Å². The Morgan fingerprint density at radius 1 is 1.17 bits per heavy atom. The maximum Gasteiger partial charge on any atom is 0.243 e. The van der Waals surface area contributed by atoms with Gasteiger partial charge in [-0.1, -0.05) is 30.3 Å². The highest BCUT2D eigenvalue weighted by Crippen LogP contribution is 2.06. The lowest BCUT2D eigenvalue weighted by atomic mass is 10.1. The van der Waals surface area contributed by atoms with Gasteiger partial charge in [0.15, 0.2) is 0 Å². The van der Waals surface area contributed by atoms with Crippen LogP contribution in [0.25, 0.3) is 5.70 Å². The van der Waals surface area contributed by atoms with Crippen molar-refractivity contribution >= 4 is 11.6 Å². The first-order valence-corrected chi connectivity index (χ1v) is 3.52. The van der Waals surface area contributed by atoms with E-state index in [9.17, 15) is 4.79 Å². The quantitative estimate of drug-likeness (QED) is 0.621. The number of benzene rings is 1. The molecule has 0 spiro atoms. The molecule has 1 aromatic rings. The van der Waals surface area contributed by atoms with Crippen LogP contribution in [0.2, 0.25) is 0 Å². The highest BCUT2D eigenvalue weighted by Gasteiger charge is 1.95. The highest BCUT2D eigenvalue weighted by molar-refractivity contribution is 5.93. The van der Waals surface area contributed by atoms with Gasteiger partial charge in [-0.2, -0.15) is 0 Å². The van der Waals surface area contributed by atoms with Gasteiger partial charge in [0.25, 0.3) is 0 Å². The van der Waals surface area contributed by atoms with Gasteiger partial charge in [-0.25, -0.2) is 0 Å². The summed E-state index contributed by atoms with van der Waals surface area (Å²) in [6.45, 7) is 0. The monoisotopic (exact) mass is 162 g/mol. The second-order valence-corrected chi connectivity index (χ2v) is 2.37. The van der Waals surface area contributed by atoms with Gasteiger partial charge in [-0.15, -0.1) is 0 Å².